The quantitative estimate of drug-likeness (QED) is 0.728. The second-order valence-corrected chi connectivity index (χ2v) is 7.52. The zero-order chi connectivity index (χ0) is 17.8. The third-order valence-corrected chi connectivity index (χ3v) is 5.16. The molecule has 1 rings (SSSR count). The first-order valence-corrected chi connectivity index (χ1v) is 8.61. The molecule has 0 aliphatic rings. The fourth-order valence-corrected chi connectivity index (χ4v) is 2.43. The van der Waals surface area contributed by atoms with Gasteiger partial charge in [-0.3, -0.25) is 0 Å². The number of carboxylic acids is 1. The number of hydrogen-bond acceptors (Lipinski definition) is 3. The third-order valence-electron chi connectivity index (χ3n) is 5.16. The maximum Gasteiger partial charge on any atom is 0.138 e. The lowest BCUT2D eigenvalue weighted by Crippen LogP contribution is -2.39. The van der Waals surface area contributed by atoms with Crippen molar-refractivity contribution in [3.05, 3.63) is 29.3 Å². The fourth-order valence-electron chi connectivity index (χ4n) is 2.43. The fraction of sp³-hybridized carbons (Fsp3) is 0.650. The van der Waals surface area contributed by atoms with Gasteiger partial charge in [0.25, 0.3) is 0 Å². The van der Waals surface area contributed by atoms with Crippen LogP contribution in [0.2, 0.25) is 0 Å². The zero-order valence-corrected chi connectivity index (χ0v) is 15.7. The number of aliphatic carboxylic acids is 1. The molecule has 0 bridgehead atoms. The molecule has 3 heteroatoms. The van der Waals surface area contributed by atoms with Crippen molar-refractivity contribution < 1.29 is 14.6 Å². The summed E-state index contributed by atoms with van der Waals surface area (Å²) in [5.74, 6) is -0.505. The molecule has 0 N–H and O–H groups in total. The van der Waals surface area contributed by atoms with Crippen LogP contribution in [0.5, 0.6) is 5.75 Å². The van der Waals surface area contributed by atoms with Gasteiger partial charge in [-0.1, -0.05) is 60.6 Å². The van der Waals surface area contributed by atoms with Crippen molar-refractivity contribution in [1.82, 2.24) is 0 Å². The minimum Gasteiger partial charge on any atom is -0.546 e. The van der Waals surface area contributed by atoms with E-state index >= 15 is 0 Å². The second-order valence-electron chi connectivity index (χ2n) is 7.52. The summed E-state index contributed by atoms with van der Waals surface area (Å²) in [6.45, 7) is 14.9. The van der Waals surface area contributed by atoms with Crippen LogP contribution in [0.15, 0.2) is 18.2 Å². The SMILES string of the molecule is CCC(Oc1ccc(C(C)(C)CC)cc1C(C)(C)CC)C(=O)[O-]. The maximum atomic E-state index is 11.2. The van der Waals surface area contributed by atoms with Gasteiger partial charge in [0.2, 0.25) is 0 Å². The van der Waals surface area contributed by atoms with Crippen LogP contribution in [0.3, 0.4) is 0 Å². The van der Waals surface area contributed by atoms with Gasteiger partial charge in [0.05, 0.1) is 5.97 Å². The summed E-state index contributed by atoms with van der Waals surface area (Å²) in [5.41, 5.74) is 2.32. The Labute approximate surface area is 141 Å². The van der Waals surface area contributed by atoms with Gasteiger partial charge < -0.3 is 14.6 Å². The van der Waals surface area contributed by atoms with Crippen LogP contribution in [0.4, 0.5) is 0 Å². The highest BCUT2D eigenvalue weighted by Crippen LogP contribution is 2.38. The summed E-state index contributed by atoms with van der Waals surface area (Å²) in [7, 11) is 0. The molecule has 23 heavy (non-hydrogen) atoms. The Balaban J connectivity index is 3.38. The van der Waals surface area contributed by atoms with Gasteiger partial charge in [-0.15, -0.1) is 0 Å². The number of rotatable bonds is 8. The van der Waals surface area contributed by atoms with Crippen molar-refractivity contribution in [2.24, 2.45) is 0 Å². The Morgan fingerprint density at radius 2 is 1.65 bits per heavy atom. The number of carbonyl (C=O) groups is 1. The van der Waals surface area contributed by atoms with Gasteiger partial charge >= 0.3 is 0 Å². The van der Waals surface area contributed by atoms with E-state index in [-0.39, 0.29) is 10.8 Å². The van der Waals surface area contributed by atoms with Crippen molar-refractivity contribution in [1.29, 1.82) is 0 Å². The highest BCUT2D eigenvalue weighted by atomic mass is 16.5. The summed E-state index contributed by atoms with van der Waals surface area (Å²) >= 11 is 0. The monoisotopic (exact) mass is 319 g/mol. The predicted molar refractivity (Wildman–Crippen MR) is 92.8 cm³/mol. The molecule has 0 saturated carbocycles. The van der Waals surface area contributed by atoms with Gasteiger partial charge in [0.1, 0.15) is 11.9 Å². The smallest absolute Gasteiger partial charge is 0.138 e. The second kappa shape index (κ2) is 7.37. The molecule has 0 aliphatic heterocycles. The molecule has 0 saturated heterocycles. The number of hydrogen-bond donors (Lipinski definition) is 0. The van der Waals surface area contributed by atoms with Crippen LogP contribution in [0, 0.1) is 0 Å². The van der Waals surface area contributed by atoms with E-state index in [9.17, 15) is 9.90 Å². The standard InChI is InChI=1S/C20H32O3/c1-8-16(18(21)22)23-17-12-11-14(19(4,5)9-2)13-15(17)20(6,7)10-3/h11-13,16H,8-10H2,1-7H3,(H,21,22)/p-1. The van der Waals surface area contributed by atoms with Gasteiger partial charge in [-0.25, -0.2) is 0 Å². The summed E-state index contributed by atoms with van der Waals surface area (Å²) in [4.78, 5) is 11.2. The van der Waals surface area contributed by atoms with E-state index in [4.69, 9.17) is 4.74 Å². The minimum absolute atomic E-state index is 0.0790. The zero-order valence-electron chi connectivity index (χ0n) is 15.7. The lowest BCUT2D eigenvalue weighted by atomic mass is 9.76. The third kappa shape index (κ3) is 4.49. The Morgan fingerprint density at radius 3 is 2.09 bits per heavy atom. The normalized spacial score (nSPS) is 13.7. The molecule has 0 amide bonds. The maximum absolute atomic E-state index is 11.2. The van der Waals surface area contributed by atoms with Crippen molar-refractivity contribution in [3.63, 3.8) is 0 Å². The van der Waals surface area contributed by atoms with Gasteiger partial charge in [-0.05, 0) is 41.7 Å². The molecule has 0 fully saturated rings. The highest BCUT2D eigenvalue weighted by Gasteiger charge is 2.27. The van der Waals surface area contributed by atoms with Crippen LogP contribution in [-0.4, -0.2) is 12.1 Å². The van der Waals surface area contributed by atoms with E-state index in [1.807, 2.05) is 6.07 Å². The first-order chi connectivity index (χ1) is 10.6. The Hall–Kier alpha value is -1.51. The summed E-state index contributed by atoms with van der Waals surface area (Å²) in [6.07, 6.45) is 1.46. The van der Waals surface area contributed by atoms with Crippen LogP contribution < -0.4 is 9.84 Å². The number of benzene rings is 1. The molecule has 0 heterocycles. The molecular weight excluding hydrogens is 288 g/mol. The Kier molecular flexibility index (Phi) is 6.26. The lowest BCUT2D eigenvalue weighted by Gasteiger charge is -2.31. The van der Waals surface area contributed by atoms with Crippen LogP contribution >= 0.6 is 0 Å². The molecule has 1 unspecified atom stereocenters. The van der Waals surface area contributed by atoms with Crippen LogP contribution in [0.1, 0.15) is 78.9 Å². The minimum atomic E-state index is -1.16. The highest BCUT2D eigenvalue weighted by molar-refractivity contribution is 5.70. The van der Waals surface area contributed by atoms with E-state index in [0.29, 0.717) is 12.2 Å². The van der Waals surface area contributed by atoms with Gasteiger partial charge in [-0.2, -0.15) is 0 Å². The van der Waals surface area contributed by atoms with E-state index in [1.54, 1.807) is 6.92 Å². The van der Waals surface area contributed by atoms with E-state index in [0.717, 1.165) is 18.4 Å². The predicted octanol–water partition coefficient (Wildman–Crippen LogP) is 3.97. The molecule has 0 spiro atoms. The topological polar surface area (TPSA) is 49.4 Å². The van der Waals surface area contributed by atoms with Crippen molar-refractivity contribution >= 4 is 5.97 Å². The van der Waals surface area contributed by atoms with Crippen LogP contribution in [0.25, 0.3) is 0 Å². The number of ether oxygens (including phenoxy) is 1. The Morgan fingerprint density at radius 1 is 1.09 bits per heavy atom. The Bertz CT molecular complexity index is 544. The number of carbonyl (C=O) groups excluding carboxylic acids is 1. The average molecular weight is 319 g/mol. The summed E-state index contributed by atoms with van der Waals surface area (Å²) in [5, 5.41) is 11.2. The molecule has 0 radical (unpaired) electrons. The lowest BCUT2D eigenvalue weighted by molar-refractivity contribution is -0.313. The summed E-state index contributed by atoms with van der Waals surface area (Å²) < 4.78 is 5.78. The molecule has 0 aliphatic carbocycles. The summed E-state index contributed by atoms with van der Waals surface area (Å²) in [6, 6.07) is 6.16. The molecule has 1 atom stereocenters. The molecule has 130 valence electrons. The van der Waals surface area contributed by atoms with E-state index in [2.05, 4.69) is 53.7 Å². The molecule has 0 aromatic heterocycles. The van der Waals surface area contributed by atoms with E-state index < -0.39 is 12.1 Å². The van der Waals surface area contributed by atoms with Crippen LogP contribution in [-0.2, 0) is 15.6 Å². The molecule has 1 aromatic carbocycles. The number of carboxylic acid groups (broad SMARTS) is 1. The molecular formula is C20H31O3-. The van der Waals surface area contributed by atoms with Gasteiger partial charge in [0.15, 0.2) is 0 Å². The first-order valence-electron chi connectivity index (χ1n) is 8.61. The largest absolute Gasteiger partial charge is 0.546 e. The molecule has 3 nitrogen and oxygen atoms in total. The average Bonchev–Trinajstić information content (AvgIpc) is 2.51. The molecule has 1 aromatic rings. The van der Waals surface area contributed by atoms with E-state index in [1.165, 1.54) is 5.56 Å². The van der Waals surface area contributed by atoms with Crippen molar-refractivity contribution in [2.45, 2.75) is 84.7 Å². The van der Waals surface area contributed by atoms with Gasteiger partial charge in [0, 0.05) is 5.56 Å². The van der Waals surface area contributed by atoms with Crippen molar-refractivity contribution in [2.75, 3.05) is 0 Å². The van der Waals surface area contributed by atoms with Crippen molar-refractivity contribution in [3.8, 4) is 5.75 Å². The first kappa shape index (κ1) is 19.5.